The number of benzene rings is 3. The third-order valence-corrected chi connectivity index (χ3v) is 7.60. The smallest absolute Gasteiger partial charge is 0.264 e. The lowest BCUT2D eigenvalue weighted by atomic mass is 10.2. The van der Waals surface area contributed by atoms with Crippen LogP contribution in [0.5, 0.6) is 0 Å². The Kier molecular flexibility index (Phi) is 5.81. The molecule has 0 saturated carbocycles. The second-order valence-corrected chi connectivity index (χ2v) is 10.0. The Bertz CT molecular complexity index is 1500. The molecule has 3 aromatic carbocycles. The molecule has 5 rings (SSSR count). The lowest BCUT2D eigenvalue weighted by Gasteiger charge is -2.20. The van der Waals surface area contributed by atoms with Crippen molar-refractivity contribution in [1.82, 2.24) is 15.5 Å². The molecule has 1 aromatic heterocycles. The van der Waals surface area contributed by atoms with Crippen molar-refractivity contribution in [3.05, 3.63) is 95.6 Å². The van der Waals surface area contributed by atoms with Gasteiger partial charge in [-0.25, -0.2) is 12.8 Å². The van der Waals surface area contributed by atoms with E-state index < -0.39 is 22.0 Å². The van der Waals surface area contributed by atoms with Gasteiger partial charge in [0.2, 0.25) is 11.7 Å². The van der Waals surface area contributed by atoms with Crippen LogP contribution in [0.2, 0.25) is 0 Å². The van der Waals surface area contributed by atoms with Gasteiger partial charge in [-0.05, 0) is 67.4 Å². The van der Waals surface area contributed by atoms with Crippen LogP contribution < -0.4 is 9.62 Å². The Morgan fingerprint density at radius 1 is 1.09 bits per heavy atom. The summed E-state index contributed by atoms with van der Waals surface area (Å²) in [5.41, 5.74) is 2.38. The topological polar surface area (TPSA) is 105 Å². The number of amides is 1. The van der Waals surface area contributed by atoms with E-state index in [0.717, 1.165) is 5.56 Å². The maximum atomic E-state index is 13.3. The molecule has 0 spiro atoms. The average molecular weight is 493 g/mol. The van der Waals surface area contributed by atoms with Gasteiger partial charge in [-0.3, -0.25) is 9.10 Å². The van der Waals surface area contributed by atoms with Crippen LogP contribution in [0, 0.1) is 5.82 Å². The Hall–Kier alpha value is -4.05. The predicted molar refractivity (Wildman–Crippen MR) is 127 cm³/mol. The molecule has 1 N–H and O–H groups in total. The number of nitrogens with one attached hydrogen (secondary N) is 1. The molecule has 8 nitrogen and oxygen atoms in total. The second-order valence-electron chi connectivity index (χ2n) is 8.14. The molecular weight excluding hydrogens is 471 g/mol. The quantitative estimate of drug-likeness (QED) is 0.434. The molecule has 0 radical (unpaired) electrons. The molecule has 0 fully saturated rings. The molecule has 1 unspecified atom stereocenters. The number of para-hydroxylation sites is 1. The van der Waals surface area contributed by atoms with Crippen molar-refractivity contribution >= 4 is 21.6 Å². The Morgan fingerprint density at radius 2 is 1.86 bits per heavy atom. The number of anilines is 1. The monoisotopic (exact) mass is 492 g/mol. The molecule has 178 valence electrons. The number of carbonyl (C=O) groups is 1. The van der Waals surface area contributed by atoms with Crippen LogP contribution in [0.15, 0.2) is 82.2 Å². The van der Waals surface area contributed by atoms with Gasteiger partial charge >= 0.3 is 0 Å². The summed E-state index contributed by atoms with van der Waals surface area (Å²) in [5, 5.41) is 6.63. The van der Waals surface area contributed by atoms with Crippen molar-refractivity contribution in [2.24, 2.45) is 0 Å². The lowest BCUT2D eigenvalue weighted by molar-refractivity contribution is 0.0932. The normalized spacial score (nSPS) is 13.9. The van der Waals surface area contributed by atoms with Gasteiger partial charge in [-0.2, -0.15) is 4.98 Å². The molecule has 0 aliphatic carbocycles. The molecule has 10 heteroatoms. The van der Waals surface area contributed by atoms with Crippen LogP contribution in [0.3, 0.4) is 0 Å². The molecule has 1 aliphatic rings. The zero-order valence-electron chi connectivity index (χ0n) is 18.7. The summed E-state index contributed by atoms with van der Waals surface area (Å²) < 4.78 is 46.4. The van der Waals surface area contributed by atoms with Gasteiger partial charge in [0.05, 0.1) is 10.6 Å². The van der Waals surface area contributed by atoms with Gasteiger partial charge in [-0.1, -0.05) is 29.4 Å². The highest BCUT2D eigenvalue weighted by molar-refractivity contribution is 7.92. The van der Waals surface area contributed by atoms with Crippen molar-refractivity contribution in [3.63, 3.8) is 0 Å². The van der Waals surface area contributed by atoms with Crippen molar-refractivity contribution in [1.29, 1.82) is 0 Å². The van der Waals surface area contributed by atoms with E-state index in [1.165, 1.54) is 52.8 Å². The molecule has 35 heavy (non-hydrogen) atoms. The zero-order valence-corrected chi connectivity index (χ0v) is 19.5. The predicted octanol–water partition coefficient (Wildman–Crippen LogP) is 4.12. The minimum absolute atomic E-state index is 0.0332. The van der Waals surface area contributed by atoms with Crippen LogP contribution >= 0.6 is 0 Å². The average Bonchev–Trinajstić information content (AvgIpc) is 3.53. The summed E-state index contributed by atoms with van der Waals surface area (Å²) >= 11 is 0. The Balaban J connectivity index is 1.33. The largest absolute Gasteiger partial charge is 0.341 e. The number of carbonyl (C=O) groups excluding carboxylic acids is 1. The molecule has 0 bridgehead atoms. The molecule has 1 aliphatic heterocycles. The fourth-order valence-electron chi connectivity index (χ4n) is 3.95. The molecule has 1 amide bonds. The van der Waals surface area contributed by atoms with E-state index in [1.54, 1.807) is 19.1 Å². The van der Waals surface area contributed by atoms with Crippen LogP contribution in [-0.4, -0.2) is 31.0 Å². The third-order valence-electron chi connectivity index (χ3n) is 5.79. The van der Waals surface area contributed by atoms with Gasteiger partial charge < -0.3 is 9.84 Å². The van der Waals surface area contributed by atoms with Crippen molar-refractivity contribution in [2.75, 3.05) is 10.8 Å². The number of hydrogen-bond donors (Lipinski definition) is 1. The summed E-state index contributed by atoms with van der Waals surface area (Å²) in [6, 6.07) is 18.3. The number of hydrogen-bond acceptors (Lipinski definition) is 6. The van der Waals surface area contributed by atoms with Gasteiger partial charge in [0, 0.05) is 17.7 Å². The van der Waals surface area contributed by atoms with E-state index in [0.29, 0.717) is 24.2 Å². The maximum absolute atomic E-state index is 13.3. The number of halogens is 1. The number of aromatic nitrogens is 2. The lowest BCUT2D eigenvalue weighted by Crippen LogP contribution is -2.30. The van der Waals surface area contributed by atoms with E-state index in [9.17, 15) is 17.6 Å². The minimum Gasteiger partial charge on any atom is -0.341 e. The first-order chi connectivity index (χ1) is 16.8. The van der Waals surface area contributed by atoms with Crippen LogP contribution in [0.4, 0.5) is 10.1 Å². The van der Waals surface area contributed by atoms with Gasteiger partial charge in [-0.15, -0.1) is 0 Å². The van der Waals surface area contributed by atoms with Crippen LogP contribution in [0.25, 0.3) is 11.4 Å². The highest BCUT2D eigenvalue weighted by Gasteiger charge is 2.31. The number of fused-ring (bicyclic) bond motifs is 1. The first kappa shape index (κ1) is 22.7. The Morgan fingerprint density at radius 3 is 2.66 bits per heavy atom. The third kappa shape index (κ3) is 4.40. The highest BCUT2D eigenvalue weighted by atomic mass is 32.2. The van der Waals surface area contributed by atoms with Gasteiger partial charge in [0.25, 0.3) is 15.9 Å². The molecular formula is C25H21FN4O4S. The van der Waals surface area contributed by atoms with Crippen LogP contribution in [-0.2, 0) is 16.4 Å². The highest BCUT2D eigenvalue weighted by Crippen LogP contribution is 2.32. The van der Waals surface area contributed by atoms with Crippen LogP contribution in [0.1, 0.15) is 34.8 Å². The first-order valence-electron chi connectivity index (χ1n) is 10.9. The fraction of sp³-hybridized carbons (Fsp3) is 0.160. The van der Waals surface area contributed by atoms with Crippen molar-refractivity contribution < 1.29 is 22.1 Å². The molecule has 4 aromatic rings. The fourth-order valence-corrected chi connectivity index (χ4v) is 5.50. The van der Waals surface area contributed by atoms with Gasteiger partial charge in [0.1, 0.15) is 11.9 Å². The van der Waals surface area contributed by atoms with Gasteiger partial charge in [0.15, 0.2) is 0 Å². The molecule has 1 atom stereocenters. The summed E-state index contributed by atoms with van der Waals surface area (Å²) in [5.74, 6) is -0.440. The summed E-state index contributed by atoms with van der Waals surface area (Å²) in [6.07, 6.45) is 0.636. The maximum Gasteiger partial charge on any atom is 0.264 e. The molecule has 2 heterocycles. The van der Waals surface area contributed by atoms with E-state index in [2.05, 4.69) is 15.5 Å². The molecule has 0 saturated heterocycles. The SMILES string of the molecule is CC(NC(=O)c1cccc(S(=O)(=O)N2CCc3ccccc32)c1)c1nc(-c2ccc(F)cc2)no1. The minimum atomic E-state index is -3.83. The zero-order chi connectivity index (χ0) is 24.6. The first-order valence-corrected chi connectivity index (χ1v) is 12.4. The second kappa shape index (κ2) is 8.95. The van der Waals surface area contributed by atoms with E-state index in [4.69, 9.17) is 4.52 Å². The van der Waals surface area contributed by atoms with E-state index in [-0.39, 0.29) is 28.0 Å². The standard InChI is InChI=1S/C25H21FN4O4S/c1-16(25-28-23(29-34-25)18-9-11-20(26)12-10-18)27-24(31)19-6-4-7-21(15-19)35(32,33)30-14-13-17-5-2-3-8-22(17)30/h2-12,15-16H,13-14H2,1H3,(H,27,31). The van der Waals surface area contributed by atoms with E-state index in [1.807, 2.05) is 12.1 Å². The number of sulfonamides is 1. The summed E-state index contributed by atoms with van der Waals surface area (Å²) in [6.45, 7) is 2.02. The van der Waals surface area contributed by atoms with E-state index >= 15 is 0 Å². The summed E-state index contributed by atoms with van der Waals surface area (Å²) in [4.78, 5) is 17.2. The summed E-state index contributed by atoms with van der Waals surface area (Å²) in [7, 11) is -3.83. The Labute approximate surface area is 201 Å². The van der Waals surface area contributed by atoms with Crippen molar-refractivity contribution in [2.45, 2.75) is 24.3 Å². The number of rotatable bonds is 6. The van der Waals surface area contributed by atoms with Crippen molar-refractivity contribution in [3.8, 4) is 11.4 Å². The number of nitrogens with zero attached hydrogens (tertiary/aromatic N) is 3.